The van der Waals surface area contributed by atoms with Gasteiger partial charge >= 0.3 is 0 Å². The van der Waals surface area contributed by atoms with Gasteiger partial charge in [-0.2, -0.15) is 0 Å². The van der Waals surface area contributed by atoms with Crippen molar-refractivity contribution in [1.29, 1.82) is 0 Å². The summed E-state index contributed by atoms with van der Waals surface area (Å²) in [6.07, 6.45) is 7.35. The minimum absolute atomic E-state index is 0.0471. The summed E-state index contributed by atoms with van der Waals surface area (Å²) in [6, 6.07) is 10.9. The third-order valence-corrected chi connectivity index (χ3v) is 4.05. The average Bonchev–Trinajstić information content (AvgIpc) is 2.71. The lowest BCUT2D eigenvalue weighted by atomic mass is 10.2. The Morgan fingerprint density at radius 3 is 2.93 bits per heavy atom. The maximum atomic E-state index is 12.1. The molecular formula is C20H20N4O3. The number of pyridine rings is 1. The zero-order valence-electron chi connectivity index (χ0n) is 14.8. The molecule has 0 spiro atoms. The van der Waals surface area contributed by atoms with Crippen molar-refractivity contribution in [2.75, 3.05) is 36.5 Å². The second-order valence-electron chi connectivity index (χ2n) is 5.90. The highest BCUT2D eigenvalue weighted by molar-refractivity contribution is 5.97. The van der Waals surface area contributed by atoms with Crippen molar-refractivity contribution >= 4 is 23.3 Å². The SMILES string of the molecule is C#CCNC(=O)c1ccc(NCCCN2C(=O)COc3ccccc32)nc1. The van der Waals surface area contributed by atoms with Gasteiger partial charge in [0.05, 0.1) is 17.8 Å². The first kappa shape index (κ1) is 18.3. The van der Waals surface area contributed by atoms with Crippen molar-refractivity contribution in [3.8, 4) is 18.1 Å². The lowest BCUT2D eigenvalue weighted by molar-refractivity contribution is -0.121. The molecule has 27 heavy (non-hydrogen) atoms. The summed E-state index contributed by atoms with van der Waals surface area (Å²) in [5.41, 5.74) is 1.25. The fourth-order valence-corrected chi connectivity index (χ4v) is 2.72. The topological polar surface area (TPSA) is 83.6 Å². The third kappa shape index (κ3) is 4.55. The van der Waals surface area contributed by atoms with E-state index in [4.69, 9.17) is 11.2 Å². The lowest BCUT2D eigenvalue weighted by Gasteiger charge is -2.29. The van der Waals surface area contributed by atoms with Gasteiger partial charge in [-0.1, -0.05) is 18.1 Å². The number of amides is 2. The molecule has 0 saturated heterocycles. The fourth-order valence-electron chi connectivity index (χ4n) is 2.72. The molecule has 0 saturated carbocycles. The first-order valence-corrected chi connectivity index (χ1v) is 8.63. The third-order valence-electron chi connectivity index (χ3n) is 4.05. The number of para-hydroxylation sites is 2. The van der Waals surface area contributed by atoms with Crippen LogP contribution in [-0.4, -0.2) is 43.0 Å². The monoisotopic (exact) mass is 364 g/mol. The molecule has 1 aliphatic heterocycles. The molecule has 0 fully saturated rings. The first-order valence-electron chi connectivity index (χ1n) is 8.63. The van der Waals surface area contributed by atoms with Crippen LogP contribution in [0.3, 0.4) is 0 Å². The van der Waals surface area contributed by atoms with Crippen LogP contribution >= 0.6 is 0 Å². The number of aromatic nitrogens is 1. The number of carbonyl (C=O) groups excluding carboxylic acids is 2. The molecule has 0 atom stereocenters. The Morgan fingerprint density at radius 1 is 1.30 bits per heavy atom. The molecule has 2 aromatic rings. The van der Waals surface area contributed by atoms with Crippen LogP contribution in [0.4, 0.5) is 11.5 Å². The average molecular weight is 364 g/mol. The predicted octanol–water partition coefficient (Wildman–Crippen LogP) is 1.67. The predicted molar refractivity (Wildman–Crippen MR) is 103 cm³/mol. The normalized spacial score (nSPS) is 12.6. The van der Waals surface area contributed by atoms with E-state index in [1.807, 2.05) is 24.3 Å². The maximum absolute atomic E-state index is 12.1. The van der Waals surface area contributed by atoms with Crippen molar-refractivity contribution in [1.82, 2.24) is 10.3 Å². The summed E-state index contributed by atoms with van der Waals surface area (Å²) in [7, 11) is 0. The van der Waals surface area contributed by atoms with E-state index in [0.717, 1.165) is 17.9 Å². The molecule has 0 unspecified atom stereocenters. The van der Waals surface area contributed by atoms with Gasteiger partial charge in [-0.05, 0) is 30.7 Å². The zero-order valence-corrected chi connectivity index (χ0v) is 14.8. The van der Waals surface area contributed by atoms with Crippen LogP contribution in [0.25, 0.3) is 0 Å². The molecule has 1 aliphatic rings. The van der Waals surface area contributed by atoms with Crippen LogP contribution in [0.5, 0.6) is 5.75 Å². The molecule has 0 bridgehead atoms. The number of hydrogen-bond acceptors (Lipinski definition) is 5. The van der Waals surface area contributed by atoms with Gasteiger partial charge in [0.1, 0.15) is 11.6 Å². The summed E-state index contributed by atoms with van der Waals surface area (Å²) in [5, 5.41) is 5.77. The number of hydrogen-bond donors (Lipinski definition) is 2. The molecule has 1 aromatic heterocycles. The summed E-state index contributed by atoms with van der Waals surface area (Å²) in [5.74, 6) is 3.44. The lowest BCUT2D eigenvalue weighted by Crippen LogP contribution is -2.39. The van der Waals surface area contributed by atoms with Crippen LogP contribution in [-0.2, 0) is 4.79 Å². The smallest absolute Gasteiger partial charge is 0.265 e. The highest BCUT2D eigenvalue weighted by Gasteiger charge is 2.24. The number of carbonyl (C=O) groups is 2. The molecular weight excluding hydrogens is 344 g/mol. The van der Waals surface area contributed by atoms with E-state index >= 15 is 0 Å². The van der Waals surface area contributed by atoms with Gasteiger partial charge in [0.25, 0.3) is 11.8 Å². The number of rotatable bonds is 7. The molecule has 7 heteroatoms. The molecule has 0 aliphatic carbocycles. The van der Waals surface area contributed by atoms with Crippen LogP contribution in [0, 0.1) is 12.3 Å². The van der Waals surface area contributed by atoms with E-state index in [2.05, 4.69) is 21.5 Å². The first-order chi connectivity index (χ1) is 13.2. The van der Waals surface area contributed by atoms with Crippen molar-refractivity contribution in [2.24, 2.45) is 0 Å². The Labute approximate surface area is 157 Å². The number of nitrogens with zero attached hydrogens (tertiary/aromatic N) is 2. The van der Waals surface area contributed by atoms with Crippen molar-refractivity contribution in [3.05, 3.63) is 48.2 Å². The Balaban J connectivity index is 1.49. The standard InChI is InChI=1S/C20H20N4O3/c1-2-10-22-20(26)15-8-9-18(23-13-15)21-11-5-12-24-16-6-3-4-7-17(16)27-14-19(24)25/h1,3-4,6-9,13H,5,10-12,14H2,(H,21,23)(H,22,26). The Hall–Kier alpha value is -3.53. The van der Waals surface area contributed by atoms with Gasteiger partial charge < -0.3 is 20.3 Å². The quantitative estimate of drug-likeness (QED) is 0.577. The summed E-state index contributed by atoms with van der Waals surface area (Å²) >= 11 is 0. The number of terminal acetylenes is 1. The molecule has 3 rings (SSSR count). The highest BCUT2D eigenvalue weighted by Crippen LogP contribution is 2.31. The summed E-state index contributed by atoms with van der Waals surface area (Å²) < 4.78 is 5.44. The van der Waals surface area contributed by atoms with E-state index in [1.165, 1.54) is 6.20 Å². The fraction of sp³-hybridized carbons (Fsp3) is 0.250. The Morgan fingerprint density at radius 2 is 2.15 bits per heavy atom. The van der Waals surface area contributed by atoms with Gasteiger partial charge in [0.15, 0.2) is 6.61 Å². The van der Waals surface area contributed by atoms with Crippen LogP contribution in [0.1, 0.15) is 16.8 Å². The second-order valence-corrected chi connectivity index (χ2v) is 5.90. The summed E-state index contributed by atoms with van der Waals surface area (Å²) in [4.78, 5) is 29.8. The molecule has 1 aromatic carbocycles. The number of anilines is 2. The number of benzene rings is 1. The van der Waals surface area contributed by atoms with Gasteiger partial charge in [-0.25, -0.2) is 4.98 Å². The molecule has 2 amide bonds. The van der Waals surface area contributed by atoms with Crippen LogP contribution in [0.15, 0.2) is 42.6 Å². The minimum Gasteiger partial charge on any atom is -0.482 e. The van der Waals surface area contributed by atoms with Crippen molar-refractivity contribution in [2.45, 2.75) is 6.42 Å². The van der Waals surface area contributed by atoms with Crippen LogP contribution < -0.4 is 20.3 Å². The number of nitrogens with one attached hydrogen (secondary N) is 2. The number of fused-ring (bicyclic) bond motifs is 1. The largest absolute Gasteiger partial charge is 0.482 e. The molecule has 2 heterocycles. The van der Waals surface area contributed by atoms with E-state index < -0.39 is 0 Å². The van der Waals surface area contributed by atoms with Crippen LogP contribution in [0.2, 0.25) is 0 Å². The van der Waals surface area contributed by atoms with Gasteiger partial charge in [-0.3, -0.25) is 9.59 Å². The Kier molecular flexibility index (Phi) is 5.90. The minimum atomic E-state index is -0.253. The van der Waals surface area contributed by atoms with E-state index in [1.54, 1.807) is 17.0 Å². The van der Waals surface area contributed by atoms with Crippen molar-refractivity contribution in [3.63, 3.8) is 0 Å². The van der Waals surface area contributed by atoms with Gasteiger partial charge in [0, 0.05) is 19.3 Å². The van der Waals surface area contributed by atoms with Gasteiger partial charge in [0.2, 0.25) is 0 Å². The van der Waals surface area contributed by atoms with Crippen molar-refractivity contribution < 1.29 is 14.3 Å². The highest BCUT2D eigenvalue weighted by atomic mass is 16.5. The zero-order chi connectivity index (χ0) is 19.1. The molecule has 138 valence electrons. The van der Waals surface area contributed by atoms with Gasteiger partial charge in [-0.15, -0.1) is 6.42 Å². The second kappa shape index (κ2) is 8.72. The maximum Gasteiger partial charge on any atom is 0.265 e. The van der Waals surface area contributed by atoms with E-state index in [0.29, 0.717) is 24.5 Å². The molecule has 7 nitrogen and oxygen atoms in total. The summed E-state index contributed by atoms with van der Waals surface area (Å²) in [6.45, 7) is 1.47. The van der Waals surface area contributed by atoms with E-state index in [-0.39, 0.29) is 25.0 Å². The number of ether oxygens (including phenoxy) is 1. The van der Waals surface area contributed by atoms with E-state index in [9.17, 15) is 9.59 Å². The Bertz CT molecular complexity index is 858. The molecule has 2 N–H and O–H groups in total. The molecule has 0 radical (unpaired) electrons.